The van der Waals surface area contributed by atoms with Crippen LogP contribution in [-0.2, 0) is 6.42 Å². The van der Waals surface area contributed by atoms with Gasteiger partial charge in [-0.05, 0) is 0 Å². The van der Waals surface area contributed by atoms with Crippen LogP contribution in [0.15, 0.2) is 42.5 Å². The van der Waals surface area contributed by atoms with Crippen molar-refractivity contribution in [3.8, 4) is 11.1 Å². The van der Waals surface area contributed by atoms with Gasteiger partial charge in [0, 0.05) is 0 Å². The van der Waals surface area contributed by atoms with Crippen molar-refractivity contribution in [1.29, 1.82) is 0 Å². The monoisotopic (exact) mass is 288 g/mol. The van der Waals surface area contributed by atoms with Crippen LogP contribution in [0.5, 0.6) is 0 Å². The third kappa shape index (κ3) is 1.74. The van der Waals surface area contributed by atoms with Gasteiger partial charge in [0.15, 0.2) is 0 Å². The number of hydrogen-bond donors (Lipinski definition) is 0. The van der Waals surface area contributed by atoms with Crippen LogP contribution in [0, 0.1) is 0 Å². The second-order valence-electron chi connectivity index (χ2n) is 4.28. The Morgan fingerprint density at radius 1 is 0.882 bits per heavy atom. The van der Waals surface area contributed by atoms with Crippen LogP contribution in [0.3, 0.4) is 0 Å². The summed E-state index contributed by atoms with van der Waals surface area (Å²) in [5.74, 6) is 0.254. The average Bonchev–Trinajstić information content (AvgIpc) is 2.49. The van der Waals surface area contributed by atoms with Gasteiger partial charge in [0.1, 0.15) is 0 Å². The van der Waals surface area contributed by atoms with E-state index in [0.29, 0.717) is 6.42 Å². The molecule has 0 amide bonds. The predicted molar refractivity (Wildman–Crippen MR) is 71.3 cm³/mol. The molecule has 0 bridgehead atoms. The van der Waals surface area contributed by atoms with E-state index in [2.05, 4.69) is 28.1 Å². The molecule has 17 heavy (non-hydrogen) atoms. The van der Waals surface area contributed by atoms with Crippen molar-refractivity contribution in [1.82, 2.24) is 0 Å². The Morgan fingerprint density at radius 2 is 1.65 bits per heavy atom. The van der Waals surface area contributed by atoms with E-state index in [1.165, 1.54) is 11.1 Å². The van der Waals surface area contributed by atoms with Crippen molar-refractivity contribution in [3.63, 3.8) is 0 Å². The third-order valence-electron chi connectivity index (χ3n) is 3.25. The van der Waals surface area contributed by atoms with Crippen LogP contribution in [-0.4, -0.2) is 21.8 Å². The molecule has 2 heteroatoms. The Balaban J connectivity index is 2.37. The SMILES string of the molecule is O=C1CCc2ccccc2-c2c([SeH])cccc21. The normalized spacial score (nSPS) is 13.8. The molecule has 0 aromatic heterocycles. The fraction of sp³-hybridized carbons (Fsp3) is 0.133. The number of Topliss-reactive ketones (excluding diaryl/α,β-unsaturated/α-hetero) is 1. The minimum absolute atomic E-state index is 0.254. The van der Waals surface area contributed by atoms with Gasteiger partial charge in [-0.25, -0.2) is 0 Å². The molecule has 1 nitrogen and oxygen atoms in total. The van der Waals surface area contributed by atoms with Gasteiger partial charge in [0.25, 0.3) is 0 Å². The molecule has 0 spiro atoms. The summed E-state index contributed by atoms with van der Waals surface area (Å²) >= 11 is 2.57. The first-order chi connectivity index (χ1) is 8.27. The van der Waals surface area contributed by atoms with Crippen LogP contribution in [0.2, 0.25) is 0 Å². The molecule has 1 aliphatic rings. The van der Waals surface area contributed by atoms with E-state index in [-0.39, 0.29) is 5.78 Å². The number of carbonyl (C=O) groups is 1. The molecule has 0 unspecified atom stereocenters. The van der Waals surface area contributed by atoms with Gasteiger partial charge in [0.05, 0.1) is 0 Å². The Kier molecular flexibility index (Phi) is 2.62. The van der Waals surface area contributed by atoms with Crippen LogP contribution in [0.4, 0.5) is 0 Å². The second-order valence-corrected chi connectivity index (χ2v) is 5.29. The molecule has 0 heterocycles. The van der Waals surface area contributed by atoms with Gasteiger partial charge < -0.3 is 0 Å². The fourth-order valence-electron chi connectivity index (χ4n) is 2.42. The van der Waals surface area contributed by atoms with E-state index < -0.39 is 0 Å². The molecule has 1 aliphatic carbocycles. The number of hydrogen-bond acceptors (Lipinski definition) is 1. The van der Waals surface area contributed by atoms with Gasteiger partial charge in [-0.1, -0.05) is 0 Å². The van der Waals surface area contributed by atoms with Crippen molar-refractivity contribution < 1.29 is 4.79 Å². The van der Waals surface area contributed by atoms with E-state index in [9.17, 15) is 4.79 Å². The molecule has 3 rings (SSSR count). The van der Waals surface area contributed by atoms with Crippen LogP contribution >= 0.6 is 0 Å². The molecule has 0 fully saturated rings. The van der Waals surface area contributed by atoms with Gasteiger partial charge >= 0.3 is 109 Å². The number of aryl methyl sites for hydroxylation is 1. The van der Waals surface area contributed by atoms with Crippen LogP contribution in [0.1, 0.15) is 22.3 Å². The standard InChI is InChI=1S/C15H12OSe/c16-13-9-8-10-4-1-2-5-11(10)15-12(13)6-3-7-14(15)17/h1-7,17H,8-9H2. The van der Waals surface area contributed by atoms with E-state index in [1.54, 1.807) is 0 Å². The number of carbonyl (C=O) groups excluding carboxylic acids is 1. The zero-order valence-corrected chi connectivity index (χ0v) is 11.2. The molecule has 0 saturated heterocycles. The predicted octanol–water partition coefficient (Wildman–Crippen LogP) is 2.01. The fourth-order valence-corrected chi connectivity index (χ4v) is 3.11. The quantitative estimate of drug-likeness (QED) is 0.677. The van der Waals surface area contributed by atoms with Crippen molar-refractivity contribution in [2.75, 3.05) is 0 Å². The molecule has 84 valence electrons. The van der Waals surface area contributed by atoms with E-state index in [0.717, 1.165) is 22.0 Å². The summed E-state index contributed by atoms with van der Waals surface area (Å²) < 4.78 is 1.12. The molecular formula is C15H12OSe. The summed E-state index contributed by atoms with van der Waals surface area (Å²) in [7, 11) is 0. The summed E-state index contributed by atoms with van der Waals surface area (Å²) in [4.78, 5) is 12.1. The Morgan fingerprint density at radius 3 is 2.53 bits per heavy atom. The molecule has 0 N–H and O–H groups in total. The maximum atomic E-state index is 12.1. The van der Waals surface area contributed by atoms with E-state index >= 15 is 0 Å². The first-order valence-electron chi connectivity index (χ1n) is 5.71. The molecule has 0 saturated carbocycles. The van der Waals surface area contributed by atoms with Crippen molar-refractivity contribution in [2.45, 2.75) is 12.8 Å². The molecule has 0 atom stereocenters. The number of ketones is 1. The van der Waals surface area contributed by atoms with Gasteiger partial charge in [0.2, 0.25) is 0 Å². The van der Waals surface area contributed by atoms with Crippen LogP contribution < -0.4 is 4.46 Å². The second kappa shape index (κ2) is 4.14. The number of benzene rings is 2. The van der Waals surface area contributed by atoms with E-state index in [4.69, 9.17) is 0 Å². The molecular weight excluding hydrogens is 275 g/mol. The molecule has 0 radical (unpaired) electrons. The Hall–Kier alpha value is -1.37. The minimum atomic E-state index is 0.254. The first kappa shape index (κ1) is 10.8. The van der Waals surface area contributed by atoms with Gasteiger partial charge in [-0.3, -0.25) is 0 Å². The van der Waals surface area contributed by atoms with Gasteiger partial charge in [-0.15, -0.1) is 0 Å². The van der Waals surface area contributed by atoms with Crippen molar-refractivity contribution in [2.24, 2.45) is 0 Å². The van der Waals surface area contributed by atoms with Crippen molar-refractivity contribution in [3.05, 3.63) is 53.6 Å². The number of rotatable bonds is 0. The summed E-state index contributed by atoms with van der Waals surface area (Å²) in [6.45, 7) is 0. The van der Waals surface area contributed by atoms with Crippen molar-refractivity contribution >= 4 is 26.3 Å². The third-order valence-corrected chi connectivity index (χ3v) is 4.03. The van der Waals surface area contributed by atoms with E-state index in [1.807, 2.05) is 30.3 Å². The zero-order valence-electron chi connectivity index (χ0n) is 9.31. The molecule has 2 aromatic rings. The first-order valence-corrected chi connectivity index (χ1v) is 6.64. The molecule has 0 aliphatic heterocycles. The Bertz CT molecular complexity index is 602. The van der Waals surface area contributed by atoms with Gasteiger partial charge in [-0.2, -0.15) is 0 Å². The Labute approximate surface area is 109 Å². The summed E-state index contributed by atoms with van der Waals surface area (Å²) in [5.41, 5.74) is 4.46. The zero-order chi connectivity index (χ0) is 11.8. The summed E-state index contributed by atoms with van der Waals surface area (Å²) in [6.07, 6.45) is 1.45. The summed E-state index contributed by atoms with van der Waals surface area (Å²) in [6, 6.07) is 14.3. The molecule has 2 aromatic carbocycles. The topological polar surface area (TPSA) is 17.1 Å². The maximum absolute atomic E-state index is 12.1. The average molecular weight is 287 g/mol. The summed E-state index contributed by atoms with van der Waals surface area (Å²) in [5, 5.41) is 0. The number of fused-ring (bicyclic) bond motifs is 3. The van der Waals surface area contributed by atoms with Crippen LogP contribution in [0.25, 0.3) is 11.1 Å².